The molecule has 2 rings (SSSR count). The summed E-state index contributed by atoms with van der Waals surface area (Å²) in [6.45, 7) is 0.611. The number of carbonyl (C=O) groups is 2. The molecule has 16 heavy (non-hydrogen) atoms. The number of rotatable bonds is 2. The highest BCUT2D eigenvalue weighted by atomic mass is 127. The first-order valence-corrected chi connectivity index (χ1v) is 6.00. The summed E-state index contributed by atoms with van der Waals surface area (Å²) >= 11 is 2.06. The molecule has 0 aromatic heterocycles. The highest BCUT2D eigenvalue weighted by molar-refractivity contribution is 14.1. The molecule has 0 radical (unpaired) electrons. The van der Waals surface area contributed by atoms with Gasteiger partial charge in [-0.2, -0.15) is 0 Å². The van der Waals surface area contributed by atoms with E-state index in [0.29, 0.717) is 18.7 Å². The van der Waals surface area contributed by atoms with Crippen LogP contribution in [0.25, 0.3) is 0 Å². The Bertz CT molecular complexity index is 459. The van der Waals surface area contributed by atoms with Crippen LogP contribution in [0.1, 0.15) is 23.2 Å². The van der Waals surface area contributed by atoms with E-state index in [1.807, 2.05) is 6.07 Å². The maximum absolute atomic E-state index is 11.6. The molecule has 1 saturated heterocycles. The van der Waals surface area contributed by atoms with Gasteiger partial charge >= 0.3 is 5.97 Å². The fraction of sp³-hybridized carbons (Fsp3) is 0.273. The van der Waals surface area contributed by atoms with Crippen LogP contribution in [0.15, 0.2) is 18.2 Å². The molecule has 0 unspecified atom stereocenters. The molecule has 1 amide bonds. The van der Waals surface area contributed by atoms with Crippen LogP contribution >= 0.6 is 22.6 Å². The topological polar surface area (TPSA) is 57.6 Å². The molecular weight excluding hydrogens is 321 g/mol. The third kappa shape index (κ3) is 2.04. The molecule has 0 atom stereocenters. The van der Waals surface area contributed by atoms with Gasteiger partial charge in [0.15, 0.2) is 0 Å². The lowest BCUT2D eigenvalue weighted by Gasteiger charge is -2.18. The number of hydrogen-bond acceptors (Lipinski definition) is 2. The van der Waals surface area contributed by atoms with E-state index < -0.39 is 5.97 Å². The van der Waals surface area contributed by atoms with Crippen LogP contribution in [0, 0.1) is 3.57 Å². The molecule has 1 aliphatic rings. The smallest absolute Gasteiger partial charge is 0.337 e. The van der Waals surface area contributed by atoms with E-state index in [1.165, 1.54) is 0 Å². The van der Waals surface area contributed by atoms with Crippen LogP contribution in [0.4, 0.5) is 5.69 Å². The molecular formula is C11H10INO3. The average molecular weight is 331 g/mol. The summed E-state index contributed by atoms with van der Waals surface area (Å²) in [6, 6.07) is 5.10. The highest BCUT2D eigenvalue weighted by Gasteiger charge is 2.25. The molecule has 5 heteroatoms. The Labute approximate surface area is 106 Å². The Kier molecular flexibility index (Phi) is 3.13. The molecule has 1 aromatic rings. The van der Waals surface area contributed by atoms with Gasteiger partial charge in [0.2, 0.25) is 5.91 Å². The van der Waals surface area contributed by atoms with Gasteiger partial charge in [0.1, 0.15) is 0 Å². The number of amides is 1. The van der Waals surface area contributed by atoms with Gasteiger partial charge in [0, 0.05) is 16.5 Å². The number of nitrogens with zero attached hydrogens (tertiary/aromatic N) is 1. The first-order valence-electron chi connectivity index (χ1n) is 4.93. The van der Waals surface area contributed by atoms with E-state index in [4.69, 9.17) is 5.11 Å². The van der Waals surface area contributed by atoms with Gasteiger partial charge in [0.25, 0.3) is 0 Å². The third-order valence-corrected chi connectivity index (χ3v) is 3.22. The zero-order chi connectivity index (χ0) is 11.7. The second kappa shape index (κ2) is 4.40. The molecule has 0 spiro atoms. The summed E-state index contributed by atoms with van der Waals surface area (Å²) in [5.41, 5.74) is 0.706. The Balaban J connectivity index is 2.47. The second-order valence-electron chi connectivity index (χ2n) is 3.62. The molecule has 1 aromatic carbocycles. The zero-order valence-corrected chi connectivity index (χ0v) is 10.6. The largest absolute Gasteiger partial charge is 0.478 e. The number of hydrogen-bond donors (Lipinski definition) is 1. The summed E-state index contributed by atoms with van der Waals surface area (Å²) in [5, 5.41) is 9.10. The predicted octanol–water partition coefficient (Wildman–Crippen LogP) is 2.12. The van der Waals surface area contributed by atoms with Crippen LogP contribution in [-0.2, 0) is 4.79 Å². The Morgan fingerprint density at radius 3 is 2.75 bits per heavy atom. The fourth-order valence-corrected chi connectivity index (χ4v) is 2.31. The van der Waals surface area contributed by atoms with Gasteiger partial charge < -0.3 is 10.0 Å². The minimum Gasteiger partial charge on any atom is -0.478 e. The standard InChI is InChI=1S/C11H10INO3/c12-7-3-4-9(8(6-7)11(15)16)13-5-1-2-10(13)14/h3-4,6H,1-2,5H2,(H,15,16). The van der Waals surface area contributed by atoms with Crippen LogP contribution in [0.5, 0.6) is 0 Å². The van der Waals surface area contributed by atoms with E-state index in [0.717, 1.165) is 9.99 Å². The van der Waals surface area contributed by atoms with Crippen LogP contribution in [-0.4, -0.2) is 23.5 Å². The zero-order valence-electron chi connectivity index (χ0n) is 8.44. The number of benzene rings is 1. The van der Waals surface area contributed by atoms with Crippen LogP contribution in [0.3, 0.4) is 0 Å². The van der Waals surface area contributed by atoms with Crippen LogP contribution in [0.2, 0.25) is 0 Å². The van der Waals surface area contributed by atoms with Crippen molar-refractivity contribution >= 4 is 40.2 Å². The average Bonchev–Trinajstić information content (AvgIpc) is 2.64. The van der Waals surface area contributed by atoms with Crippen molar-refractivity contribution in [3.8, 4) is 0 Å². The van der Waals surface area contributed by atoms with E-state index in [2.05, 4.69) is 22.6 Å². The van der Waals surface area contributed by atoms with E-state index in [1.54, 1.807) is 17.0 Å². The summed E-state index contributed by atoms with van der Waals surface area (Å²) < 4.78 is 0.852. The Morgan fingerprint density at radius 2 is 2.19 bits per heavy atom. The molecule has 84 valence electrons. The van der Waals surface area contributed by atoms with Crippen molar-refractivity contribution in [2.24, 2.45) is 0 Å². The summed E-state index contributed by atoms with van der Waals surface area (Å²) in [6.07, 6.45) is 1.30. The minimum absolute atomic E-state index is 0.00343. The number of aromatic carboxylic acids is 1. The second-order valence-corrected chi connectivity index (χ2v) is 4.86. The monoisotopic (exact) mass is 331 g/mol. The lowest BCUT2D eigenvalue weighted by atomic mass is 10.1. The van der Waals surface area contributed by atoms with E-state index in [9.17, 15) is 9.59 Å². The van der Waals surface area contributed by atoms with Gasteiger partial charge in [-0.3, -0.25) is 4.79 Å². The van der Waals surface area contributed by atoms with Gasteiger partial charge in [-0.1, -0.05) is 0 Å². The molecule has 1 fully saturated rings. The molecule has 0 saturated carbocycles. The van der Waals surface area contributed by atoms with Gasteiger partial charge in [-0.15, -0.1) is 0 Å². The van der Waals surface area contributed by atoms with Crippen molar-refractivity contribution in [3.63, 3.8) is 0 Å². The number of carboxylic acids is 1. The van der Waals surface area contributed by atoms with E-state index in [-0.39, 0.29) is 11.5 Å². The Morgan fingerprint density at radius 1 is 1.44 bits per heavy atom. The minimum atomic E-state index is -0.992. The maximum atomic E-state index is 11.6. The third-order valence-electron chi connectivity index (χ3n) is 2.55. The SMILES string of the molecule is O=C(O)c1cc(I)ccc1N1CCCC1=O. The predicted molar refractivity (Wildman–Crippen MR) is 67.7 cm³/mol. The number of carboxylic acid groups (broad SMARTS) is 1. The van der Waals surface area contributed by atoms with Crippen LogP contribution < -0.4 is 4.90 Å². The van der Waals surface area contributed by atoms with Gasteiger partial charge in [0.05, 0.1) is 11.3 Å². The number of carbonyl (C=O) groups excluding carboxylic acids is 1. The van der Waals surface area contributed by atoms with Crippen molar-refractivity contribution in [1.29, 1.82) is 0 Å². The van der Waals surface area contributed by atoms with Crippen molar-refractivity contribution in [1.82, 2.24) is 0 Å². The molecule has 1 N–H and O–H groups in total. The van der Waals surface area contributed by atoms with Crippen molar-refractivity contribution in [2.75, 3.05) is 11.4 Å². The molecule has 0 bridgehead atoms. The lowest BCUT2D eigenvalue weighted by Crippen LogP contribution is -2.25. The lowest BCUT2D eigenvalue weighted by molar-refractivity contribution is -0.117. The van der Waals surface area contributed by atoms with Gasteiger partial charge in [-0.25, -0.2) is 4.79 Å². The Hall–Kier alpha value is -1.11. The maximum Gasteiger partial charge on any atom is 0.337 e. The first-order chi connectivity index (χ1) is 7.59. The summed E-state index contributed by atoms with van der Waals surface area (Å²) in [7, 11) is 0. The highest BCUT2D eigenvalue weighted by Crippen LogP contribution is 2.27. The molecule has 0 aliphatic carbocycles. The summed E-state index contributed by atoms with van der Waals surface area (Å²) in [4.78, 5) is 24.2. The van der Waals surface area contributed by atoms with Crippen molar-refractivity contribution in [3.05, 3.63) is 27.3 Å². The quantitative estimate of drug-likeness (QED) is 0.845. The normalized spacial score (nSPS) is 15.6. The van der Waals surface area contributed by atoms with E-state index >= 15 is 0 Å². The van der Waals surface area contributed by atoms with Gasteiger partial charge in [-0.05, 0) is 47.2 Å². The number of anilines is 1. The fourth-order valence-electron chi connectivity index (χ4n) is 1.82. The first kappa shape index (κ1) is 11.4. The molecule has 1 aliphatic heterocycles. The summed E-state index contributed by atoms with van der Waals surface area (Å²) in [5.74, 6) is -0.989. The molecule has 4 nitrogen and oxygen atoms in total. The van der Waals surface area contributed by atoms with Crippen molar-refractivity contribution in [2.45, 2.75) is 12.8 Å². The number of halogens is 1. The van der Waals surface area contributed by atoms with Crippen molar-refractivity contribution < 1.29 is 14.7 Å². The molecule has 1 heterocycles.